The second kappa shape index (κ2) is 4.41. The van der Waals surface area contributed by atoms with Crippen LogP contribution in [0.5, 0.6) is 0 Å². The fraction of sp³-hybridized carbons (Fsp3) is 0.818. The number of hydrogen-bond donors (Lipinski definition) is 2. The fourth-order valence-corrected chi connectivity index (χ4v) is 1.75. The Kier molecular flexibility index (Phi) is 3.57. The number of rotatable bonds is 2. The molecule has 2 amide bonds. The molecule has 1 fully saturated rings. The molecule has 1 unspecified atom stereocenters. The van der Waals surface area contributed by atoms with Crippen LogP contribution in [-0.2, 0) is 9.59 Å². The van der Waals surface area contributed by atoms with E-state index in [-0.39, 0.29) is 17.7 Å². The molecule has 0 aromatic rings. The second-order valence-corrected chi connectivity index (χ2v) is 5.07. The highest BCUT2D eigenvalue weighted by atomic mass is 16.2. The van der Waals surface area contributed by atoms with E-state index in [1.54, 1.807) is 18.7 Å². The Bertz CT molecular complexity index is 300. The second-order valence-electron chi connectivity index (χ2n) is 5.07. The summed E-state index contributed by atoms with van der Waals surface area (Å²) < 4.78 is 0. The van der Waals surface area contributed by atoms with Gasteiger partial charge in [-0.1, -0.05) is 13.8 Å². The van der Waals surface area contributed by atoms with Crippen LogP contribution in [0.1, 0.15) is 27.7 Å². The van der Waals surface area contributed by atoms with Crippen molar-refractivity contribution in [2.75, 3.05) is 13.1 Å². The average molecular weight is 227 g/mol. The molecule has 16 heavy (non-hydrogen) atoms. The fourth-order valence-electron chi connectivity index (χ4n) is 1.75. The predicted octanol–water partition coefficient (Wildman–Crippen LogP) is -0.293. The van der Waals surface area contributed by atoms with Crippen molar-refractivity contribution in [1.29, 1.82) is 0 Å². The standard InChI is InChI=1S/C11H21N3O2/c1-7(2)8(12)9(15)14-6-5-13-10(16)11(14,3)4/h7-8H,5-6,12H2,1-4H3,(H,13,16). The van der Waals surface area contributed by atoms with E-state index in [0.717, 1.165) is 0 Å². The number of carbonyl (C=O) groups is 2. The van der Waals surface area contributed by atoms with E-state index >= 15 is 0 Å². The Balaban J connectivity index is 2.86. The van der Waals surface area contributed by atoms with E-state index in [2.05, 4.69) is 5.32 Å². The minimum absolute atomic E-state index is 0.0771. The number of nitrogens with two attached hydrogens (primary N) is 1. The van der Waals surface area contributed by atoms with Crippen LogP contribution in [0.15, 0.2) is 0 Å². The molecular formula is C11H21N3O2. The smallest absolute Gasteiger partial charge is 0.245 e. The highest BCUT2D eigenvalue weighted by Crippen LogP contribution is 2.19. The Hall–Kier alpha value is -1.10. The minimum atomic E-state index is -0.804. The van der Waals surface area contributed by atoms with E-state index in [9.17, 15) is 9.59 Å². The summed E-state index contributed by atoms with van der Waals surface area (Å²) in [6.45, 7) is 8.31. The van der Waals surface area contributed by atoms with Crippen LogP contribution in [0.3, 0.4) is 0 Å². The van der Waals surface area contributed by atoms with Crippen LogP contribution in [0.2, 0.25) is 0 Å². The van der Waals surface area contributed by atoms with Gasteiger partial charge in [-0.3, -0.25) is 9.59 Å². The van der Waals surface area contributed by atoms with Gasteiger partial charge >= 0.3 is 0 Å². The molecular weight excluding hydrogens is 206 g/mol. The van der Waals surface area contributed by atoms with Crippen molar-refractivity contribution in [3.63, 3.8) is 0 Å². The quantitative estimate of drug-likeness (QED) is 0.680. The van der Waals surface area contributed by atoms with Crippen LogP contribution in [0, 0.1) is 5.92 Å². The molecule has 0 radical (unpaired) electrons. The third-order valence-corrected chi connectivity index (χ3v) is 3.12. The van der Waals surface area contributed by atoms with E-state index in [0.29, 0.717) is 13.1 Å². The van der Waals surface area contributed by atoms with Gasteiger partial charge < -0.3 is 16.0 Å². The molecule has 5 heteroatoms. The lowest BCUT2D eigenvalue weighted by Crippen LogP contribution is -2.66. The number of carbonyl (C=O) groups excluding carboxylic acids is 2. The van der Waals surface area contributed by atoms with Crippen molar-refractivity contribution in [2.45, 2.75) is 39.3 Å². The van der Waals surface area contributed by atoms with Gasteiger partial charge in [0, 0.05) is 13.1 Å². The molecule has 0 aromatic carbocycles. The molecule has 5 nitrogen and oxygen atoms in total. The molecule has 1 aliphatic rings. The Morgan fingerprint density at radius 3 is 2.56 bits per heavy atom. The third-order valence-electron chi connectivity index (χ3n) is 3.12. The first-order chi connectivity index (χ1) is 7.28. The molecule has 0 bridgehead atoms. The summed E-state index contributed by atoms with van der Waals surface area (Å²) in [6, 6.07) is -0.537. The van der Waals surface area contributed by atoms with Gasteiger partial charge in [-0.05, 0) is 19.8 Å². The maximum absolute atomic E-state index is 12.1. The lowest BCUT2D eigenvalue weighted by atomic mass is 9.95. The zero-order chi connectivity index (χ0) is 12.5. The van der Waals surface area contributed by atoms with Crippen LogP contribution < -0.4 is 11.1 Å². The van der Waals surface area contributed by atoms with Gasteiger partial charge in [0.05, 0.1) is 6.04 Å². The average Bonchev–Trinajstić information content (AvgIpc) is 2.19. The van der Waals surface area contributed by atoms with Crippen molar-refractivity contribution in [3.8, 4) is 0 Å². The topological polar surface area (TPSA) is 75.4 Å². The molecule has 3 N–H and O–H groups in total. The monoisotopic (exact) mass is 227 g/mol. The lowest BCUT2D eigenvalue weighted by Gasteiger charge is -2.42. The number of amides is 2. The van der Waals surface area contributed by atoms with Gasteiger partial charge in [0.25, 0.3) is 0 Å². The maximum Gasteiger partial charge on any atom is 0.245 e. The predicted molar refractivity (Wildman–Crippen MR) is 61.6 cm³/mol. The van der Waals surface area contributed by atoms with Gasteiger partial charge in [0.15, 0.2) is 0 Å². The first-order valence-corrected chi connectivity index (χ1v) is 5.64. The van der Waals surface area contributed by atoms with E-state index in [4.69, 9.17) is 5.73 Å². The Labute approximate surface area is 96.4 Å². The molecule has 1 atom stereocenters. The molecule has 0 saturated carbocycles. The van der Waals surface area contributed by atoms with Crippen molar-refractivity contribution in [1.82, 2.24) is 10.2 Å². The summed E-state index contributed by atoms with van der Waals surface area (Å²) in [5, 5.41) is 2.75. The molecule has 1 saturated heterocycles. The highest BCUT2D eigenvalue weighted by Gasteiger charge is 2.42. The number of hydrogen-bond acceptors (Lipinski definition) is 3. The summed E-state index contributed by atoms with van der Waals surface area (Å²) in [6.07, 6.45) is 0. The number of nitrogens with one attached hydrogen (secondary N) is 1. The first kappa shape index (κ1) is 13.0. The maximum atomic E-state index is 12.1. The van der Waals surface area contributed by atoms with Gasteiger partial charge in [-0.15, -0.1) is 0 Å². The summed E-state index contributed by atoms with van der Waals surface area (Å²) >= 11 is 0. The van der Waals surface area contributed by atoms with Gasteiger partial charge in [-0.25, -0.2) is 0 Å². The zero-order valence-corrected chi connectivity index (χ0v) is 10.4. The molecule has 1 heterocycles. The van der Waals surface area contributed by atoms with Crippen molar-refractivity contribution in [3.05, 3.63) is 0 Å². The van der Waals surface area contributed by atoms with Crippen LogP contribution >= 0.6 is 0 Å². The van der Waals surface area contributed by atoms with E-state index < -0.39 is 11.6 Å². The minimum Gasteiger partial charge on any atom is -0.352 e. The van der Waals surface area contributed by atoms with Crippen molar-refractivity contribution >= 4 is 11.8 Å². The summed E-state index contributed by atoms with van der Waals surface area (Å²) in [5.74, 6) is -0.189. The van der Waals surface area contributed by atoms with Crippen LogP contribution in [0.25, 0.3) is 0 Å². The molecule has 1 rings (SSSR count). The normalized spacial score (nSPS) is 21.9. The van der Waals surface area contributed by atoms with Crippen molar-refractivity contribution in [2.24, 2.45) is 11.7 Å². The first-order valence-electron chi connectivity index (χ1n) is 5.64. The highest BCUT2D eigenvalue weighted by molar-refractivity contribution is 5.93. The number of nitrogens with zero attached hydrogens (tertiary/aromatic N) is 1. The van der Waals surface area contributed by atoms with Gasteiger partial charge in [0.2, 0.25) is 11.8 Å². The van der Waals surface area contributed by atoms with Gasteiger partial charge in [-0.2, -0.15) is 0 Å². The molecule has 0 spiro atoms. The summed E-state index contributed by atoms with van der Waals surface area (Å²) in [7, 11) is 0. The third kappa shape index (κ3) is 2.19. The van der Waals surface area contributed by atoms with Crippen LogP contribution in [-0.4, -0.2) is 41.4 Å². The van der Waals surface area contributed by atoms with Gasteiger partial charge in [0.1, 0.15) is 5.54 Å². The lowest BCUT2D eigenvalue weighted by molar-refractivity contribution is -0.150. The molecule has 1 aliphatic heterocycles. The summed E-state index contributed by atoms with van der Waals surface area (Å²) in [4.78, 5) is 25.4. The SMILES string of the molecule is CC(C)C(N)C(=O)N1CCNC(=O)C1(C)C. The Morgan fingerprint density at radius 2 is 2.06 bits per heavy atom. The van der Waals surface area contributed by atoms with E-state index in [1.165, 1.54) is 0 Å². The van der Waals surface area contributed by atoms with Crippen LogP contribution in [0.4, 0.5) is 0 Å². The molecule has 0 aromatic heterocycles. The van der Waals surface area contributed by atoms with Crippen molar-refractivity contribution < 1.29 is 9.59 Å². The largest absolute Gasteiger partial charge is 0.352 e. The Morgan fingerprint density at radius 1 is 1.50 bits per heavy atom. The molecule has 0 aliphatic carbocycles. The zero-order valence-electron chi connectivity index (χ0n) is 10.4. The van der Waals surface area contributed by atoms with E-state index in [1.807, 2.05) is 13.8 Å². The summed E-state index contributed by atoms with van der Waals surface area (Å²) in [5.41, 5.74) is 5.03. The number of piperazine rings is 1. The molecule has 92 valence electrons.